The lowest BCUT2D eigenvalue weighted by atomic mass is 9.70. The SMILES string of the molecule is CC1(C)C(=O)[C@@]2(C(=O)Nc3ccccc3Cl)CC[C@H]1C2. The second-order valence-electron chi connectivity index (χ2n) is 6.51. The molecule has 0 heterocycles. The second-order valence-corrected chi connectivity index (χ2v) is 6.91. The largest absolute Gasteiger partial charge is 0.324 e. The summed E-state index contributed by atoms with van der Waals surface area (Å²) in [5.74, 6) is 0.224. The molecule has 0 saturated heterocycles. The van der Waals surface area contributed by atoms with Crippen LogP contribution in [0.1, 0.15) is 33.1 Å². The van der Waals surface area contributed by atoms with Gasteiger partial charge < -0.3 is 5.32 Å². The Bertz CT molecular complexity index is 596. The highest BCUT2D eigenvalue weighted by atomic mass is 35.5. The second kappa shape index (κ2) is 4.32. The molecule has 1 aromatic rings. The Morgan fingerprint density at radius 2 is 2.05 bits per heavy atom. The molecule has 0 aromatic heterocycles. The van der Waals surface area contributed by atoms with E-state index in [1.165, 1.54) is 0 Å². The van der Waals surface area contributed by atoms with Crippen molar-refractivity contribution in [1.82, 2.24) is 0 Å². The first-order valence-electron chi connectivity index (χ1n) is 6.99. The molecule has 1 amide bonds. The molecule has 3 nitrogen and oxygen atoms in total. The van der Waals surface area contributed by atoms with E-state index in [9.17, 15) is 9.59 Å². The number of halogens is 1. The normalized spacial score (nSPS) is 30.6. The van der Waals surface area contributed by atoms with E-state index in [-0.39, 0.29) is 17.1 Å². The van der Waals surface area contributed by atoms with E-state index in [4.69, 9.17) is 11.6 Å². The monoisotopic (exact) mass is 291 g/mol. The lowest BCUT2D eigenvalue weighted by Crippen LogP contribution is -2.44. The smallest absolute Gasteiger partial charge is 0.238 e. The van der Waals surface area contributed by atoms with E-state index in [2.05, 4.69) is 5.32 Å². The topological polar surface area (TPSA) is 46.2 Å². The summed E-state index contributed by atoms with van der Waals surface area (Å²) in [5, 5.41) is 3.34. The third-order valence-electron chi connectivity index (χ3n) is 5.11. The van der Waals surface area contributed by atoms with Gasteiger partial charge in [-0.2, -0.15) is 0 Å². The zero-order valence-corrected chi connectivity index (χ0v) is 12.5. The molecule has 0 unspecified atom stereocenters. The van der Waals surface area contributed by atoms with Gasteiger partial charge in [0, 0.05) is 5.41 Å². The Labute approximate surface area is 123 Å². The Hall–Kier alpha value is -1.35. The van der Waals surface area contributed by atoms with Gasteiger partial charge in [-0.15, -0.1) is 0 Å². The highest BCUT2D eigenvalue weighted by Crippen LogP contribution is 2.60. The fourth-order valence-corrected chi connectivity index (χ4v) is 3.97. The van der Waals surface area contributed by atoms with Crippen molar-refractivity contribution in [2.75, 3.05) is 5.32 Å². The standard InChI is InChI=1S/C16H18ClNO2/c1-15(2)10-7-8-16(9-10,13(15)19)14(20)18-12-6-4-3-5-11(12)17/h3-6,10H,7-9H2,1-2H3,(H,18,20)/t10-,16+/m0/s1. The van der Waals surface area contributed by atoms with Crippen LogP contribution in [0.5, 0.6) is 0 Å². The number of Topliss-reactive ketones (excluding diaryl/α,β-unsaturated/α-hetero) is 1. The first kappa shape index (κ1) is 13.6. The first-order chi connectivity index (χ1) is 9.38. The predicted octanol–water partition coefficient (Wildman–Crippen LogP) is 3.67. The minimum atomic E-state index is -0.840. The number of hydrogen-bond donors (Lipinski definition) is 1. The van der Waals surface area contributed by atoms with E-state index in [0.717, 1.165) is 6.42 Å². The van der Waals surface area contributed by atoms with Gasteiger partial charge in [0.1, 0.15) is 5.41 Å². The Balaban J connectivity index is 1.89. The van der Waals surface area contributed by atoms with Crippen LogP contribution in [0, 0.1) is 16.7 Å². The summed E-state index contributed by atoms with van der Waals surface area (Å²) in [7, 11) is 0. The van der Waals surface area contributed by atoms with E-state index in [0.29, 0.717) is 29.5 Å². The van der Waals surface area contributed by atoms with Gasteiger partial charge in [0.15, 0.2) is 5.78 Å². The van der Waals surface area contributed by atoms with Gasteiger partial charge in [-0.25, -0.2) is 0 Å². The summed E-state index contributed by atoms with van der Waals surface area (Å²) in [5.41, 5.74) is -0.641. The van der Waals surface area contributed by atoms with Gasteiger partial charge in [-0.3, -0.25) is 9.59 Å². The molecule has 2 aliphatic rings. The number of anilines is 1. The molecule has 1 aromatic carbocycles. The molecular formula is C16H18ClNO2. The zero-order valence-electron chi connectivity index (χ0n) is 11.7. The molecule has 2 atom stereocenters. The maximum atomic E-state index is 12.7. The van der Waals surface area contributed by atoms with Crippen LogP contribution in [0.15, 0.2) is 24.3 Å². The van der Waals surface area contributed by atoms with Crippen molar-refractivity contribution in [3.05, 3.63) is 29.3 Å². The van der Waals surface area contributed by atoms with Crippen LogP contribution in [-0.4, -0.2) is 11.7 Å². The van der Waals surface area contributed by atoms with Crippen molar-refractivity contribution >= 4 is 29.0 Å². The average Bonchev–Trinajstić information content (AvgIpc) is 2.93. The van der Waals surface area contributed by atoms with E-state index < -0.39 is 5.41 Å². The zero-order chi connectivity index (χ0) is 14.5. The molecule has 3 rings (SSSR count). The van der Waals surface area contributed by atoms with Gasteiger partial charge in [0.05, 0.1) is 10.7 Å². The van der Waals surface area contributed by atoms with Crippen molar-refractivity contribution in [2.24, 2.45) is 16.7 Å². The number of benzene rings is 1. The van der Waals surface area contributed by atoms with Crippen molar-refractivity contribution in [3.8, 4) is 0 Å². The summed E-state index contributed by atoms with van der Waals surface area (Å²) < 4.78 is 0. The number of carbonyl (C=O) groups excluding carboxylic acids is 2. The number of fused-ring (bicyclic) bond motifs is 2. The van der Waals surface area contributed by atoms with Crippen LogP contribution in [0.2, 0.25) is 5.02 Å². The number of rotatable bonds is 2. The molecule has 2 fully saturated rings. The summed E-state index contributed by atoms with van der Waals surface area (Å²) in [4.78, 5) is 25.3. The lowest BCUT2D eigenvalue weighted by Gasteiger charge is -2.32. The number of amides is 1. The van der Waals surface area contributed by atoms with Crippen molar-refractivity contribution in [3.63, 3.8) is 0 Å². The molecule has 2 aliphatic carbocycles. The van der Waals surface area contributed by atoms with Crippen molar-refractivity contribution in [2.45, 2.75) is 33.1 Å². The summed E-state index contributed by atoms with van der Waals surface area (Å²) >= 11 is 6.07. The molecule has 20 heavy (non-hydrogen) atoms. The number of hydrogen-bond acceptors (Lipinski definition) is 2. The molecule has 1 N–H and O–H groups in total. The van der Waals surface area contributed by atoms with Crippen LogP contribution in [0.3, 0.4) is 0 Å². The third kappa shape index (κ3) is 1.72. The van der Waals surface area contributed by atoms with E-state index in [1.807, 2.05) is 26.0 Å². The highest BCUT2D eigenvalue weighted by molar-refractivity contribution is 6.34. The molecule has 4 heteroatoms. The summed E-state index contributed by atoms with van der Waals surface area (Å²) in [6.45, 7) is 3.92. The summed E-state index contributed by atoms with van der Waals surface area (Å²) in [6.07, 6.45) is 2.29. The summed E-state index contributed by atoms with van der Waals surface area (Å²) in [6, 6.07) is 7.11. The molecule has 0 aliphatic heterocycles. The first-order valence-corrected chi connectivity index (χ1v) is 7.36. The molecule has 0 spiro atoms. The molecular weight excluding hydrogens is 274 g/mol. The van der Waals surface area contributed by atoms with Gasteiger partial charge in [-0.05, 0) is 37.3 Å². The van der Waals surface area contributed by atoms with Gasteiger partial charge in [-0.1, -0.05) is 37.6 Å². The molecule has 0 radical (unpaired) electrons. The maximum absolute atomic E-state index is 12.7. The minimum absolute atomic E-state index is 0.0887. The fraction of sp³-hybridized carbons (Fsp3) is 0.500. The quantitative estimate of drug-likeness (QED) is 0.845. The van der Waals surface area contributed by atoms with Crippen LogP contribution in [0.25, 0.3) is 0 Å². The van der Waals surface area contributed by atoms with E-state index >= 15 is 0 Å². The van der Waals surface area contributed by atoms with E-state index in [1.54, 1.807) is 12.1 Å². The predicted molar refractivity (Wildman–Crippen MR) is 78.6 cm³/mol. The van der Waals surface area contributed by atoms with Gasteiger partial charge in [0.25, 0.3) is 0 Å². The molecule has 106 valence electrons. The fourth-order valence-electron chi connectivity index (χ4n) is 3.78. The van der Waals surface area contributed by atoms with Gasteiger partial charge in [0.2, 0.25) is 5.91 Å². The molecule has 2 bridgehead atoms. The average molecular weight is 292 g/mol. The Kier molecular flexibility index (Phi) is 2.94. The van der Waals surface area contributed by atoms with Crippen molar-refractivity contribution in [1.29, 1.82) is 0 Å². The van der Waals surface area contributed by atoms with Crippen LogP contribution < -0.4 is 5.32 Å². The Morgan fingerprint density at radius 3 is 2.65 bits per heavy atom. The van der Waals surface area contributed by atoms with Gasteiger partial charge >= 0.3 is 0 Å². The number of carbonyl (C=O) groups is 2. The number of nitrogens with one attached hydrogen (secondary N) is 1. The third-order valence-corrected chi connectivity index (χ3v) is 5.44. The van der Waals surface area contributed by atoms with Crippen LogP contribution in [0.4, 0.5) is 5.69 Å². The van der Waals surface area contributed by atoms with Crippen LogP contribution >= 0.6 is 11.6 Å². The maximum Gasteiger partial charge on any atom is 0.238 e. The Morgan fingerprint density at radius 1 is 1.35 bits per heavy atom. The molecule has 2 saturated carbocycles. The highest BCUT2D eigenvalue weighted by Gasteiger charge is 2.65. The van der Waals surface area contributed by atoms with Crippen molar-refractivity contribution < 1.29 is 9.59 Å². The van der Waals surface area contributed by atoms with Crippen LogP contribution in [-0.2, 0) is 9.59 Å². The number of ketones is 1. The lowest BCUT2D eigenvalue weighted by molar-refractivity contribution is -0.142. The number of para-hydroxylation sites is 1. The minimum Gasteiger partial charge on any atom is -0.324 e.